The average Bonchev–Trinajstić information content (AvgIpc) is 2.58. The van der Waals surface area contributed by atoms with Gasteiger partial charge in [-0.15, -0.1) is 0 Å². The standard InChI is InChI=1S/C10H12FNO3/c1-10(4-14-5-10)6-15-9(13)8-7(11)2-3-12-8/h2-3,12H,4-6H2,1H3. The van der Waals surface area contributed by atoms with Crippen molar-refractivity contribution < 1.29 is 18.7 Å². The highest BCUT2D eigenvalue weighted by atomic mass is 19.1. The first-order valence-electron chi connectivity index (χ1n) is 4.68. The van der Waals surface area contributed by atoms with Crippen molar-refractivity contribution in [2.45, 2.75) is 6.92 Å². The molecule has 1 aliphatic heterocycles. The number of ether oxygens (including phenoxy) is 2. The molecule has 0 radical (unpaired) electrons. The number of aromatic amines is 1. The Morgan fingerprint density at radius 2 is 2.47 bits per heavy atom. The summed E-state index contributed by atoms with van der Waals surface area (Å²) in [6.07, 6.45) is 1.36. The van der Waals surface area contributed by atoms with Gasteiger partial charge in [-0.3, -0.25) is 0 Å². The number of carbonyl (C=O) groups is 1. The summed E-state index contributed by atoms with van der Waals surface area (Å²) in [4.78, 5) is 13.9. The first kappa shape index (κ1) is 10.2. The van der Waals surface area contributed by atoms with E-state index in [1.54, 1.807) is 0 Å². The van der Waals surface area contributed by atoms with Crippen LogP contribution in [-0.2, 0) is 9.47 Å². The number of H-pyrrole nitrogens is 1. The minimum Gasteiger partial charge on any atom is -0.460 e. The maximum atomic E-state index is 13.0. The van der Waals surface area contributed by atoms with Crippen LogP contribution in [0.3, 0.4) is 0 Å². The van der Waals surface area contributed by atoms with Crippen molar-refractivity contribution in [1.82, 2.24) is 4.98 Å². The van der Waals surface area contributed by atoms with Gasteiger partial charge >= 0.3 is 5.97 Å². The molecule has 2 heterocycles. The number of hydrogen-bond donors (Lipinski definition) is 1. The summed E-state index contributed by atoms with van der Waals surface area (Å²) < 4.78 is 23.0. The number of esters is 1. The molecular formula is C10H12FNO3. The fraction of sp³-hybridized carbons (Fsp3) is 0.500. The van der Waals surface area contributed by atoms with Gasteiger partial charge in [0.2, 0.25) is 0 Å². The second-order valence-electron chi connectivity index (χ2n) is 4.08. The second-order valence-corrected chi connectivity index (χ2v) is 4.08. The molecule has 15 heavy (non-hydrogen) atoms. The minimum absolute atomic E-state index is 0.112. The first-order valence-corrected chi connectivity index (χ1v) is 4.68. The van der Waals surface area contributed by atoms with Gasteiger partial charge in [-0.05, 0) is 6.07 Å². The number of nitrogens with one attached hydrogen (secondary N) is 1. The van der Waals surface area contributed by atoms with Crippen molar-refractivity contribution >= 4 is 5.97 Å². The highest BCUT2D eigenvalue weighted by Crippen LogP contribution is 2.26. The fourth-order valence-corrected chi connectivity index (χ4v) is 1.35. The predicted octanol–water partition coefficient (Wildman–Crippen LogP) is 1.35. The summed E-state index contributed by atoms with van der Waals surface area (Å²) in [7, 11) is 0. The fourth-order valence-electron chi connectivity index (χ4n) is 1.35. The molecule has 0 amide bonds. The van der Waals surface area contributed by atoms with Gasteiger partial charge in [0.05, 0.1) is 13.2 Å². The van der Waals surface area contributed by atoms with Crippen molar-refractivity contribution in [3.05, 3.63) is 23.8 Å². The van der Waals surface area contributed by atoms with Crippen molar-refractivity contribution in [2.24, 2.45) is 5.41 Å². The average molecular weight is 213 g/mol. The summed E-state index contributed by atoms with van der Waals surface area (Å²) in [5, 5.41) is 0. The number of halogens is 1. The molecule has 1 saturated heterocycles. The Bertz CT molecular complexity index is 370. The number of rotatable bonds is 3. The third-order valence-corrected chi connectivity index (χ3v) is 2.35. The summed E-state index contributed by atoms with van der Waals surface area (Å²) in [6, 6.07) is 1.19. The lowest BCUT2D eigenvalue weighted by molar-refractivity contribution is -0.127. The molecular weight excluding hydrogens is 201 g/mol. The second kappa shape index (κ2) is 3.66. The van der Waals surface area contributed by atoms with E-state index in [0.29, 0.717) is 13.2 Å². The molecule has 0 aromatic carbocycles. The Hall–Kier alpha value is -1.36. The summed E-state index contributed by atoms with van der Waals surface area (Å²) in [5.41, 5.74) is -0.238. The van der Waals surface area contributed by atoms with Crippen LogP contribution in [0.2, 0.25) is 0 Å². The maximum Gasteiger partial charge on any atom is 0.357 e. The molecule has 1 fully saturated rings. The van der Waals surface area contributed by atoms with E-state index in [4.69, 9.17) is 9.47 Å². The van der Waals surface area contributed by atoms with Crippen LogP contribution in [0.25, 0.3) is 0 Å². The SMILES string of the molecule is CC1(COC(=O)c2[nH]ccc2F)COC1. The molecule has 82 valence electrons. The molecule has 0 unspecified atom stereocenters. The van der Waals surface area contributed by atoms with Crippen LogP contribution in [-0.4, -0.2) is 30.8 Å². The van der Waals surface area contributed by atoms with Crippen LogP contribution in [0.4, 0.5) is 4.39 Å². The Morgan fingerprint density at radius 3 is 2.93 bits per heavy atom. The molecule has 1 aliphatic rings. The molecule has 5 heteroatoms. The molecule has 0 aliphatic carbocycles. The van der Waals surface area contributed by atoms with E-state index in [1.807, 2.05) is 6.92 Å². The van der Waals surface area contributed by atoms with Gasteiger partial charge in [-0.25, -0.2) is 9.18 Å². The lowest BCUT2D eigenvalue weighted by atomic mass is 9.90. The number of carbonyl (C=O) groups excluding carboxylic acids is 1. The maximum absolute atomic E-state index is 13.0. The van der Waals surface area contributed by atoms with E-state index in [0.717, 1.165) is 0 Å². The molecule has 0 bridgehead atoms. The molecule has 1 aromatic heterocycles. The Labute approximate surface area is 86.4 Å². The van der Waals surface area contributed by atoms with Gasteiger partial charge in [0.15, 0.2) is 11.5 Å². The zero-order valence-corrected chi connectivity index (χ0v) is 8.38. The van der Waals surface area contributed by atoms with Gasteiger partial charge < -0.3 is 14.5 Å². The van der Waals surface area contributed by atoms with Gasteiger partial charge in [-0.1, -0.05) is 6.92 Å². The molecule has 0 spiro atoms. The molecule has 0 saturated carbocycles. The van der Waals surface area contributed by atoms with E-state index >= 15 is 0 Å². The number of aromatic nitrogens is 1. The summed E-state index contributed by atoms with van der Waals surface area (Å²) >= 11 is 0. The zero-order valence-electron chi connectivity index (χ0n) is 8.38. The molecule has 2 rings (SSSR count). The van der Waals surface area contributed by atoms with Crippen LogP contribution >= 0.6 is 0 Å². The van der Waals surface area contributed by atoms with Crippen LogP contribution in [0, 0.1) is 11.2 Å². The molecule has 1 aromatic rings. The van der Waals surface area contributed by atoms with Crippen molar-refractivity contribution in [3.8, 4) is 0 Å². The van der Waals surface area contributed by atoms with E-state index < -0.39 is 11.8 Å². The van der Waals surface area contributed by atoms with Crippen molar-refractivity contribution in [1.29, 1.82) is 0 Å². The Kier molecular flexibility index (Phi) is 2.48. The molecule has 4 nitrogen and oxygen atoms in total. The monoisotopic (exact) mass is 213 g/mol. The lowest BCUT2D eigenvalue weighted by Gasteiger charge is -2.37. The van der Waals surface area contributed by atoms with Gasteiger partial charge in [0.25, 0.3) is 0 Å². The van der Waals surface area contributed by atoms with Gasteiger partial charge in [0.1, 0.15) is 6.61 Å². The molecule has 0 atom stereocenters. The highest BCUT2D eigenvalue weighted by Gasteiger charge is 2.35. The van der Waals surface area contributed by atoms with E-state index in [1.165, 1.54) is 12.3 Å². The van der Waals surface area contributed by atoms with E-state index in [-0.39, 0.29) is 17.7 Å². The highest BCUT2D eigenvalue weighted by molar-refractivity contribution is 5.87. The number of hydrogen-bond acceptors (Lipinski definition) is 3. The smallest absolute Gasteiger partial charge is 0.357 e. The third kappa shape index (κ3) is 2.02. The Morgan fingerprint density at radius 1 is 1.73 bits per heavy atom. The quantitative estimate of drug-likeness (QED) is 0.771. The third-order valence-electron chi connectivity index (χ3n) is 2.35. The van der Waals surface area contributed by atoms with Crippen molar-refractivity contribution in [2.75, 3.05) is 19.8 Å². The van der Waals surface area contributed by atoms with Crippen molar-refractivity contribution in [3.63, 3.8) is 0 Å². The largest absolute Gasteiger partial charge is 0.460 e. The van der Waals surface area contributed by atoms with Crippen LogP contribution in [0.15, 0.2) is 12.3 Å². The van der Waals surface area contributed by atoms with Gasteiger partial charge in [-0.2, -0.15) is 0 Å². The predicted molar refractivity (Wildman–Crippen MR) is 50.0 cm³/mol. The zero-order chi connectivity index (χ0) is 10.9. The summed E-state index contributed by atoms with van der Waals surface area (Å²) in [6.45, 7) is 3.36. The normalized spacial score (nSPS) is 18.3. The first-order chi connectivity index (χ1) is 7.11. The van der Waals surface area contributed by atoms with Crippen LogP contribution in [0.1, 0.15) is 17.4 Å². The topological polar surface area (TPSA) is 51.3 Å². The minimum atomic E-state index is -0.661. The van der Waals surface area contributed by atoms with Crippen LogP contribution in [0.5, 0.6) is 0 Å². The van der Waals surface area contributed by atoms with E-state index in [2.05, 4.69) is 4.98 Å². The van der Waals surface area contributed by atoms with Crippen LogP contribution < -0.4 is 0 Å². The molecule has 1 N–H and O–H groups in total. The van der Waals surface area contributed by atoms with E-state index in [9.17, 15) is 9.18 Å². The summed E-state index contributed by atoms with van der Waals surface area (Å²) in [5.74, 6) is -1.25. The lowest BCUT2D eigenvalue weighted by Crippen LogP contribution is -2.44. The Balaban J connectivity index is 1.90. The van der Waals surface area contributed by atoms with Gasteiger partial charge in [0, 0.05) is 11.6 Å².